The van der Waals surface area contributed by atoms with E-state index in [1.807, 2.05) is 4.90 Å². The first-order chi connectivity index (χ1) is 12.1. The highest BCUT2D eigenvalue weighted by Gasteiger charge is 2.32. The van der Waals surface area contributed by atoms with Gasteiger partial charge in [0.2, 0.25) is 0 Å². The molecule has 8 nitrogen and oxygen atoms in total. The number of carbonyl (C=O) groups excluding carboxylic acids is 2. The molecule has 2 aromatic rings. The van der Waals surface area contributed by atoms with Gasteiger partial charge in [-0.2, -0.15) is 5.10 Å². The number of urea groups is 1. The van der Waals surface area contributed by atoms with Gasteiger partial charge in [-0.05, 0) is 18.9 Å². The van der Waals surface area contributed by atoms with Crippen molar-refractivity contribution in [3.63, 3.8) is 0 Å². The third-order valence-corrected chi connectivity index (χ3v) is 4.98. The number of rotatable bonds is 2. The van der Waals surface area contributed by atoms with E-state index in [0.717, 1.165) is 19.4 Å². The van der Waals surface area contributed by atoms with Crippen molar-refractivity contribution in [1.29, 1.82) is 0 Å². The van der Waals surface area contributed by atoms with Gasteiger partial charge in [0.1, 0.15) is 0 Å². The summed E-state index contributed by atoms with van der Waals surface area (Å²) in [5, 5.41) is 10.2. The number of hydrogen-bond acceptors (Lipinski definition) is 4. The number of H-pyrrole nitrogens is 1. The highest BCUT2D eigenvalue weighted by Crippen LogP contribution is 2.21. The van der Waals surface area contributed by atoms with E-state index >= 15 is 0 Å². The van der Waals surface area contributed by atoms with E-state index in [9.17, 15) is 14.4 Å². The lowest BCUT2D eigenvalue weighted by molar-refractivity contribution is 0.0661. The van der Waals surface area contributed by atoms with Gasteiger partial charge in [0.05, 0.1) is 5.39 Å². The molecule has 0 radical (unpaired) electrons. The summed E-state index contributed by atoms with van der Waals surface area (Å²) < 4.78 is 0. The molecule has 0 saturated carbocycles. The highest BCUT2D eigenvalue weighted by atomic mass is 16.2. The number of nitrogens with one attached hydrogen (secondary N) is 2. The van der Waals surface area contributed by atoms with E-state index in [1.54, 1.807) is 29.2 Å². The number of aromatic amines is 1. The second-order valence-corrected chi connectivity index (χ2v) is 6.40. The molecule has 2 aliphatic heterocycles. The molecule has 2 fully saturated rings. The minimum atomic E-state index is -0.300. The fraction of sp³-hybridized carbons (Fsp3) is 0.412. The van der Waals surface area contributed by atoms with Crippen LogP contribution in [0.25, 0.3) is 10.8 Å². The first-order valence-electron chi connectivity index (χ1n) is 8.46. The Hall–Kier alpha value is -2.90. The highest BCUT2D eigenvalue weighted by molar-refractivity contribution is 6.04. The lowest BCUT2D eigenvalue weighted by atomic mass is 10.0. The summed E-state index contributed by atoms with van der Waals surface area (Å²) in [6.45, 7) is 2.56. The van der Waals surface area contributed by atoms with Gasteiger partial charge in [0, 0.05) is 37.6 Å². The zero-order valence-corrected chi connectivity index (χ0v) is 13.7. The third kappa shape index (κ3) is 2.73. The van der Waals surface area contributed by atoms with Gasteiger partial charge in [-0.1, -0.05) is 18.2 Å². The predicted octanol–water partition coefficient (Wildman–Crippen LogP) is 0.553. The van der Waals surface area contributed by atoms with Gasteiger partial charge in [-0.25, -0.2) is 9.89 Å². The fourth-order valence-corrected chi connectivity index (χ4v) is 3.64. The van der Waals surface area contributed by atoms with Crippen molar-refractivity contribution in [2.45, 2.75) is 18.9 Å². The molecule has 0 atom stereocenters. The van der Waals surface area contributed by atoms with Crippen LogP contribution in [0.1, 0.15) is 23.3 Å². The molecule has 1 aromatic heterocycles. The van der Waals surface area contributed by atoms with Gasteiger partial charge in [-0.3, -0.25) is 9.59 Å². The SMILES string of the molecule is O=C(c1n[nH]c(=O)c2ccccc12)N1CCC(N2CCNC2=O)CC1. The van der Waals surface area contributed by atoms with Crippen molar-refractivity contribution in [2.75, 3.05) is 26.2 Å². The largest absolute Gasteiger partial charge is 0.337 e. The van der Waals surface area contributed by atoms with Gasteiger partial charge in [0.25, 0.3) is 11.5 Å². The van der Waals surface area contributed by atoms with Crippen molar-refractivity contribution in [3.8, 4) is 0 Å². The number of carbonyl (C=O) groups is 2. The molecular weight excluding hydrogens is 322 g/mol. The smallest absolute Gasteiger partial charge is 0.317 e. The van der Waals surface area contributed by atoms with E-state index in [0.29, 0.717) is 30.4 Å². The monoisotopic (exact) mass is 341 g/mol. The van der Waals surface area contributed by atoms with Crippen molar-refractivity contribution in [1.82, 2.24) is 25.3 Å². The summed E-state index contributed by atoms with van der Waals surface area (Å²) in [5.74, 6) is -0.184. The topological polar surface area (TPSA) is 98.4 Å². The molecule has 0 spiro atoms. The fourth-order valence-electron chi connectivity index (χ4n) is 3.64. The Morgan fingerprint density at radius 2 is 1.80 bits per heavy atom. The van der Waals surface area contributed by atoms with Crippen molar-refractivity contribution in [3.05, 3.63) is 40.3 Å². The molecule has 0 unspecified atom stereocenters. The first kappa shape index (κ1) is 15.6. The molecule has 1 aromatic carbocycles. The van der Waals surface area contributed by atoms with Crippen LogP contribution in [0.5, 0.6) is 0 Å². The van der Waals surface area contributed by atoms with E-state index in [4.69, 9.17) is 0 Å². The summed E-state index contributed by atoms with van der Waals surface area (Å²) in [6, 6.07) is 7.14. The molecule has 2 saturated heterocycles. The molecule has 2 aliphatic rings. The van der Waals surface area contributed by atoms with Crippen molar-refractivity contribution in [2.24, 2.45) is 0 Å². The zero-order valence-electron chi connectivity index (χ0n) is 13.7. The number of aromatic nitrogens is 2. The molecule has 4 rings (SSSR count). The number of piperidine rings is 1. The Labute approximate surface area is 143 Å². The Morgan fingerprint density at radius 1 is 1.08 bits per heavy atom. The molecule has 3 amide bonds. The number of benzene rings is 1. The summed E-state index contributed by atoms with van der Waals surface area (Å²) in [4.78, 5) is 40.1. The van der Waals surface area contributed by atoms with Crippen LogP contribution < -0.4 is 10.9 Å². The van der Waals surface area contributed by atoms with Gasteiger partial charge in [-0.15, -0.1) is 0 Å². The van der Waals surface area contributed by atoms with E-state index in [-0.39, 0.29) is 29.2 Å². The summed E-state index contributed by atoms with van der Waals surface area (Å²) in [5.41, 5.74) is -0.0292. The Balaban J connectivity index is 1.52. The maximum absolute atomic E-state index is 12.9. The average molecular weight is 341 g/mol. The molecule has 2 N–H and O–H groups in total. The summed E-state index contributed by atoms with van der Waals surface area (Å²) >= 11 is 0. The lowest BCUT2D eigenvalue weighted by Gasteiger charge is -2.36. The second kappa shape index (κ2) is 6.19. The number of likely N-dealkylation sites (tertiary alicyclic amines) is 1. The zero-order chi connectivity index (χ0) is 17.4. The minimum Gasteiger partial charge on any atom is -0.337 e. The standard InChI is InChI=1S/C17H19N5O3/c23-15-13-4-2-1-3-12(13)14(19-20-15)16(24)21-8-5-11(6-9-21)22-10-7-18-17(22)25/h1-4,11H,5-10H2,(H,18,25)(H,20,23). The van der Waals surface area contributed by atoms with E-state index < -0.39 is 0 Å². The molecular formula is C17H19N5O3. The lowest BCUT2D eigenvalue weighted by Crippen LogP contribution is -2.48. The molecule has 0 bridgehead atoms. The van der Waals surface area contributed by atoms with Crippen LogP contribution in [0.3, 0.4) is 0 Å². The van der Waals surface area contributed by atoms with Gasteiger partial charge < -0.3 is 15.1 Å². The van der Waals surface area contributed by atoms with E-state index in [1.165, 1.54) is 0 Å². The summed E-state index contributed by atoms with van der Waals surface area (Å²) in [7, 11) is 0. The van der Waals surface area contributed by atoms with Crippen LogP contribution in [0.4, 0.5) is 4.79 Å². The Kier molecular flexibility index (Phi) is 3.87. The van der Waals surface area contributed by atoms with E-state index in [2.05, 4.69) is 15.5 Å². The number of hydrogen-bond donors (Lipinski definition) is 2. The summed E-state index contributed by atoms with van der Waals surface area (Å²) in [6.07, 6.45) is 1.50. The van der Waals surface area contributed by atoms with Gasteiger partial charge >= 0.3 is 6.03 Å². The number of nitrogens with zero attached hydrogens (tertiary/aromatic N) is 3. The third-order valence-electron chi connectivity index (χ3n) is 4.98. The second-order valence-electron chi connectivity index (χ2n) is 6.40. The number of fused-ring (bicyclic) bond motifs is 1. The molecule has 130 valence electrons. The quantitative estimate of drug-likeness (QED) is 0.833. The van der Waals surface area contributed by atoms with Crippen LogP contribution in [-0.2, 0) is 0 Å². The van der Waals surface area contributed by atoms with Crippen LogP contribution >= 0.6 is 0 Å². The molecule has 3 heterocycles. The molecule has 8 heteroatoms. The van der Waals surface area contributed by atoms with Crippen molar-refractivity contribution >= 4 is 22.7 Å². The Bertz CT molecular complexity index is 885. The van der Waals surface area contributed by atoms with Gasteiger partial charge in [0.15, 0.2) is 5.69 Å². The maximum atomic E-state index is 12.9. The Morgan fingerprint density at radius 3 is 2.48 bits per heavy atom. The average Bonchev–Trinajstić information content (AvgIpc) is 3.08. The molecule has 25 heavy (non-hydrogen) atoms. The van der Waals surface area contributed by atoms with Crippen LogP contribution in [-0.4, -0.2) is 64.2 Å². The first-order valence-corrected chi connectivity index (χ1v) is 8.46. The van der Waals surface area contributed by atoms with Crippen molar-refractivity contribution < 1.29 is 9.59 Å². The van der Waals surface area contributed by atoms with Crippen LogP contribution in [0, 0.1) is 0 Å². The normalized spacial score (nSPS) is 18.6. The van der Waals surface area contributed by atoms with Crippen LogP contribution in [0.2, 0.25) is 0 Å². The number of amides is 3. The minimum absolute atomic E-state index is 0.0157. The maximum Gasteiger partial charge on any atom is 0.317 e. The van der Waals surface area contributed by atoms with Crippen LogP contribution in [0.15, 0.2) is 29.1 Å². The molecule has 0 aliphatic carbocycles. The predicted molar refractivity (Wildman–Crippen MR) is 91.4 cm³/mol.